The van der Waals surface area contributed by atoms with Crippen LogP contribution in [0.4, 0.5) is 26.2 Å². The van der Waals surface area contributed by atoms with Gasteiger partial charge in [-0.3, -0.25) is 10.1 Å². The van der Waals surface area contributed by atoms with E-state index in [1.807, 2.05) is 18.2 Å². The van der Waals surface area contributed by atoms with Gasteiger partial charge in [0, 0.05) is 29.9 Å². The highest BCUT2D eigenvalue weighted by Crippen LogP contribution is 2.49. The van der Waals surface area contributed by atoms with Crippen LogP contribution >= 0.6 is 0 Å². The number of aliphatic hydroxyl groups excluding tert-OH is 1. The lowest BCUT2D eigenvalue weighted by Crippen LogP contribution is -2.62. The van der Waals surface area contributed by atoms with E-state index in [1.54, 1.807) is 42.5 Å². The molecular weight excluding hydrogens is 535 g/mol. The van der Waals surface area contributed by atoms with E-state index < -0.39 is 35.4 Å². The van der Waals surface area contributed by atoms with Crippen molar-refractivity contribution >= 4 is 29.0 Å². The minimum absolute atomic E-state index is 0.00634. The number of rotatable bonds is 7. The predicted octanol–water partition coefficient (Wildman–Crippen LogP) is 4.32. The Kier molecular flexibility index (Phi) is 7.31. The number of fused-ring (bicyclic) bond motifs is 1. The van der Waals surface area contributed by atoms with Crippen molar-refractivity contribution in [2.24, 2.45) is 5.92 Å². The molecule has 4 atom stereocenters. The van der Waals surface area contributed by atoms with E-state index in [4.69, 9.17) is 5.73 Å². The average Bonchev–Trinajstić information content (AvgIpc) is 3.74. The van der Waals surface area contributed by atoms with E-state index in [0.29, 0.717) is 22.9 Å². The highest BCUT2D eigenvalue weighted by molar-refractivity contribution is 6.00. The van der Waals surface area contributed by atoms with E-state index in [9.17, 15) is 20.0 Å². The molecule has 9 nitrogen and oxygen atoms in total. The summed E-state index contributed by atoms with van der Waals surface area (Å²) < 4.78 is 15.1. The van der Waals surface area contributed by atoms with Crippen molar-refractivity contribution in [3.63, 3.8) is 0 Å². The molecule has 6 rings (SSSR count). The number of hydrogen-bond donors (Lipinski definition) is 5. The summed E-state index contributed by atoms with van der Waals surface area (Å²) in [5.74, 6) is -0.508. The number of likely N-dealkylation sites (tertiary alicyclic amines) is 1. The molecule has 10 heteroatoms. The average molecular weight is 569 g/mol. The molecule has 3 fully saturated rings. The van der Waals surface area contributed by atoms with Crippen LogP contribution in [0.5, 0.6) is 0 Å². The van der Waals surface area contributed by atoms with E-state index in [2.05, 4.69) is 22.0 Å². The van der Waals surface area contributed by atoms with Gasteiger partial charge in [-0.2, -0.15) is 5.26 Å². The van der Waals surface area contributed by atoms with E-state index >= 15 is 4.39 Å². The molecule has 0 radical (unpaired) electrons. The zero-order chi connectivity index (χ0) is 29.4. The van der Waals surface area contributed by atoms with Gasteiger partial charge in [-0.05, 0) is 78.4 Å². The molecule has 2 heterocycles. The predicted molar refractivity (Wildman–Crippen MR) is 157 cm³/mol. The second-order valence-electron chi connectivity index (χ2n) is 11.5. The molecule has 6 N–H and O–H groups in total. The van der Waals surface area contributed by atoms with Crippen LogP contribution in [0.15, 0.2) is 77.9 Å². The van der Waals surface area contributed by atoms with Crippen molar-refractivity contribution in [1.29, 1.82) is 5.26 Å². The van der Waals surface area contributed by atoms with Crippen LogP contribution in [-0.2, 0) is 10.3 Å². The molecule has 3 amide bonds. The van der Waals surface area contributed by atoms with Gasteiger partial charge in [0.1, 0.15) is 11.9 Å². The number of nitrogens with two attached hydrogens (primary N) is 1. The molecule has 216 valence electrons. The zero-order valence-corrected chi connectivity index (χ0v) is 23.0. The fraction of sp³-hybridized carbons (Fsp3) is 0.344. The summed E-state index contributed by atoms with van der Waals surface area (Å²) in [4.78, 5) is 27.7. The summed E-state index contributed by atoms with van der Waals surface area (Å²) >= 11 is 0. The maximum Gasteiger partial charge on any atom is 0.322 e. The number of anilines is 3. The summed E-state index contributed by atoms with van der Waals surface area (Å²) in [5, 5.41) is 28.8. The molecule has 2 saturated heterocycles. The summed E-state index contributed by atoms with van der Waals surface area (Å²) in [7, 11) is 0. The van der Waals surface area contributed by atoms with Crippen molar-refractivity contribution < 1.29 is 19.1 Å². The van der Waals surface area contributed by atoms with Crippen LogP contribution < -0.4 is 21.7 Å². The highest BCUT2D eigenvalue weighted by Gasteiger charge is 2.49. The molecule has 2 aliphatic carbocycles. The van der Waals surface area contributed by atoms with Crippen molar-refractivity contribution in [2.45, 2.75) is 55.8 Å². The Labute approximate surface area is 243 Å². The highest BCUT2D eigenvalue weighted by atomic mass is 19.1. The van der Waals surface area contributed by atoms with Gasteiger partial charge in [-0.25, -0.2) is 9.18 Å². The number of aliphatic hydroxyl groups is 1. The fourth-order valence-corrected chi connectivity index (χ4v) is 6.15. The monoisotopic (exact) mass is 568 g/mol. The van der Waals surface area contributed by atoms with Crippen LogP contribution in [0, 0.1) is 23.1 Å². The Morgan fingerprint density at radius 2 is 1.98 bits per heavy atom. The summed E-state index contributed by atoms with van der Waals surface area (Å²) in [6.07, 6.45) is 10.9. The first-order chi connectivity index (χ1) is 20.3. The normalized spacial score (nSPS) is 26.2. The quantitative estimate of drug-likeness (QED) is 0.315. The van der Waals surface area contributed by atoms with Gasteiger partial charge in [0.05, 0.1) is 29.4 Å². The van der Waals surface area contributed by atoms with Crippen LogP contribution in [0.25, 0.3) is 0 Å². The van der Waals surface area contributed by atoms with E-state index in [0.717, 1.165) is 24.0 Å². The van der Waals surface area contributed by atoms with Gasteiger partial charge in [-0.15, -0.1) is 0 Å². The number of carbonyl (C=O) groups excluding carboxylic acids is 2. The Balaban J connectivity index is 1.23. The number of nitrogens with one attached hydrogen (secondary N) is 3. The largest absolute Gasteiger partial charge is 0.399 e. The van der Waals surface area contributed by atoms with E-state index in [-0.39, 0.29) is 24.7 Å². The summed E-state index contributed by atoms with van der Waals surface area (Å²) in [6.45, 7) is -0.0309. The Morgan fingerprint density at radius 3 is 2.71 bits per heavy atom. The van der Waals surface area contributed by atoms with Gasteiger partial charge in [0.15, 0.2) is 0 Å². The molecule has 0 spiro atoms. The van der Waals surface area contributed by atoms with Crippen LogP contribution in [0.3, 0.4) is 0 Å². The fourth-order valence-electron chi connectivity index (χ4n) is 6.15. The first-order valence-corrected chi connectivity index (χ1v) is 14.3. The second-order valence-corrected chi connectivity index (χ2v) is 11.5. The van der Waals surface area contributed by atoms with Crippen molar-refractivity contribution in [3.05, 3.63) is 89.3 Å². The lowest BCUT2D eigenvalue weighted by molar-refractivity contribution is -0.119. The standard InChI is InChI=1S/C32H33FN6O3/c33-26-11-6-21(32(13-12-19-4-5-19)25-3-1-2-20(17-34)14-27(25)38-32)15-28(26)37-30(41)29-16-24(40)18-39(29)31(42)36-23-9-7-22(35)8-10-23/h1-3,6-11,14-15,19,24,27,29,38,40H,4-5,12-13,16,18,35H2,(H,36,42)(H,37,41)/t24-,27?,29-,32?/m1/s1. The number of halogens is 1. The Morgan fingerprint density at radius 1 is 1.19 bits per heavy atom. The van der Waals surface area contributed by atoms with Crippen molar-refractivity contribution in [1.82, 2.24) is 10.2 Å². The molecule has 42 heavy (non-hydrogen) atoms. The summed E-state index contributed by atoms with van der Waals surface area (Å²) in [5.41, 5.74) is 8.69. The maximum atomic E-state index is 15.1. The number of β-amino-alcohol motifs (C(OH)–C–C–N with tert-alkyl or cyclic N) is 1. The molecule has 2 unspecified atom stereocenters. The number of nitrogens with zero attached hydrogens (tertiary/aromatic N) is 2. The third-order valence-electron chi connectivity index (χ3n) is 8.60. The number of benzene rings is 2. The van der Waals surface area contributed by atoms with Crippen LogP contribution in [-0.4, -0.2) is 46.7 Å². The molecule has 1 saturated carbocycles. The van der Waals surface area contributed by atoms with Crippen molar-refractivity contribution in [2.75, 3.05) is 22.9 Å². The molecule has 2 aromatic rings. The van der Waals surface area contributed by atoms with Gasteiger partial charge < -0.3 is 26.4 Å². The molecule has 2 aromatic carbocycles. The number of nitrogen functional groups attached to an aromatic ring is 1. The van der Waals surface area contributed by atoms with Crippen LogP contribution in [0.1, 0.15) is 37.7 Å². The number of amides is 3. The number of nitriles is 1. The lowest BCUT2D eigenvalue weighted by Gasteiger charge is -2.52. The first-order valence-electron chi connectivity index (χ1n) is 14.3. The van der Waals surface area contributed by atoms with Crippen molar-refractivity contribution in [3.8, 4) is 6.07 Å². The third-order valence-corrected chi connectivity index (χ3v) is 8.60. The molecular formula is C32H33FN6O3. The SMILES string of the molecule is N#CC1=CC2NC(CCC3CC3)(c3ccc(F)c(NC(=O)[C@H]4C[C@@H](O)CN4C(=O)Nc4ccc(N)cc4)c3)C2=CC=C1. The third kappa shape index (κ3) is 5.41. The van der Waals surface area contributed by atoms with Gasteiger partial charge in [-0.1, -0.05) is 31.1 Å². The van der Waals surface area contributed by atoms with Gasteiger partial charge in [0.25, 0.3) is 0 Å². The smallest absolute Gasteiger partial charge is 0.322 e. The first kappa shape index (κ1) is 27.7. The Hall–Kier alpha value is -4.46. The van der Waals surface area contributed by atoms with Crippen LogP contribution in [0.2, 0.25) is 0 Å². The number of carbonyl (C=O) groups is 2. The van der Waals surface area contributed by atoms with Gasteiger partial charge in [0.2, 0.25) is 5.91 Å². The topological polar surface area (TPSA) is 144 Å². The molecule has 0 bridgehead atoms. The Bertz CT molecular complexity index is 1540. The number of hydrogen-bond acceptors (Lipinski definition) is 6. The van der Waals surface area contributed by atoms with E-state index in [1.165, 1.54) is 23.8 Å². The minimum Gasteiger partial charge on any atom is -0.399 e. The molecule has 2 aliphatic heterocycles. The molecule has 0 aromatic heterocycles. The number of allylic oxidation sites excluding steroid dienone is 4. The maximum absolute atomic E-state index is 15.1. The molecule has 4 aliphatic rings. The lowest BCUT2D eigenvalue weighted by atomic mass is 9.68. The summed E-state index contributed by atoms with van der Waals surface area (Å²) in [6, 6.07) is 11.9. The second kappa shape index (κ2) is 11.1. The van der Waals surface area contributed by atoms with Gasteiger partial charge >= 0.3 is 6.03 Å². The number of urea groups is 1. The zero-order valence-electron chi connectivity index (χ0n) is 23.0. The minimum atomic E-state index is -0.990.